The van der Waals surface area contributed by atoms with Crippen LogP contribution in [0.2, 0.25) is 0 Å². The minimum absolute atomic E-state index is 0.164. The van der Waals surface area contributed by atoms with Crippen LogP contribution in [0.25, 0.3) is 0 Å². The predicted molar refractivity (Wildman–Crippen MR) is 74.7 cm³/mol. The van der Waals surface area contributed by atoms with Crippen LogP contribution in [0.3, 0.4) is 0 Å². The first kappa shape index (κ1) is 14.8. The van der Waals surface area contributed by atoms with Crippen molar-refractivity contribution in [1.82, 2.24) is 15.1 Å². The zero-order valence-electron chi connectivity index (χ0n) is 12.3. The highest BCUT2D eigenvalue weighted by Gasteiger charge is 2.26. The lowest BCUT2D eigenvalue weighted by Gasteiger charge is -2.27. The molecule has 1 fully saturated rings. The van der Waals surface area contributed by atoms with E-state index in [9.17, 15) is 4.79 Å². The van der Waals surface area contributed by atoms with Crippen molar-refractivity contribution in [3.8, 4) is 5.88 Å². The van der Waals surface area contributed by atoms with Gasteiger partial charge in [-0.1, -0.05) is 0 Å². The Balaban J connectivity index is 1.89. The second-order valence-electron chi connectivity index (χ2n) is 5.46. The average Bonchev–Trinajstić information content (AvgIpc) is 2.70. The molecular weight excluding hydrogens is 258 g/mol. The van der Waals surface area contributed by atoms with Crippen molar-refractivity contribution < 1.29 is 14.6 Å². The topological polar surface area (TPSA) is 76.4 Å². The van der Waals surface area contributed by atoms with E-state index in [0.29, 0.717) is 12.6 Å². The summed E-state index contributed by atoms with van der Waals surface area (Å²) in [4.78, 5) is 10.9. The van der Waals surface area contributed by atoms with E-state index in [1.165, 1.54) is 0 Å². The van der Waals surface area contributed by atoms with Crippen molar-refractivity contribution in [3.63, 3.8) is 0 Å². The minimum Gasteiger partial charge on any atom is -0.481 e. The Bertz CT molecular complexity index is 476. The summed E-state index contributed by atoms with van der Waals surface area (Å²) in [5.74, 6) is -0.0369. The molecule has 6 heteroatoms. The normalized spacial score (nSPS) is 22.8. The zero-order chi connectivity index (χ0) is 14.7. The Hall–Kier alpha value is -1.56. The minimum atomic E-state index is -0.659. The highest BCUT2D eigenvalue weighted by molar-refractivity contribution is 5.70. The molecule has 0 aliphatic heterocycles. The predicted octanol–water partition coefficient (Wildman–Crippen LogP) is 1.47. The summed E-state index contributed by atoms with van der Waals surface area (Å²) in [6.45, 7) is 2.69. The Labute approximate surface area is 119 Å². The van der Waals surface area contributed by atoms with Gasteiger partial charge < -0.3 is 15.2 Å². The number of aliphatic carboxylic acids is 1. The summed E-state index contributed by atoms with van der Waals surface area (Å²) in [6.07, 6.45) is 3.35. The van der Waals surface area contributed by atoms with Crippen molar-refractivity contribution in [3.05, 3.63) is 11.3 Å². The van der Waals surface area contributed by atoms with Gasteiger partial charge in [0.15, 0.2) is 0 Å². The van der Waals surface area contributed by atoms with Gasteiger partial charge in [-0.25, -0.2) is 4.68 Å². The van der Waals surface area contributed by atoms with E-state index in [1.54, 1.807) is 11.8 Å². The van der Waals surface area contributed by atoms with Crippen LogP contribution in [0.1, 0.15) is 36.9 Å². The van der Waals surface area contributed by atoms with E-state index in [0.717, 1.165) is 42.8 Å². The highest BCUT2D eigenvalue weighted by atomic mass is 16.5. The van der Waals surface area contributed by atoms with E-state index in [4.69, 9.17) is 9.84 Å². The third kappa shape index (κ3) is 3.12. The van der Waals surface area contributed by atoms with E-state index in [2.05, 4.69) is 10.4 Å². The first-order valence-electron chi connectivity index (χ1n) is 7.05. The molecule has 0 radical (unpaired) electrons. The van der Waals surface area contributed by atoms with E-state index in [-0.39, 0.29) is 5.92 Å². The molecule has 0 amide bonds. The lowest BCUT2D eigenvalue weighted by Crippen LogP contribution is -2.34. The monoisotopic (exact) mass is 281 g/mol. The molecule has 6 nitrogen and oxygen atoms in total. The lowest BCUT2D eigenvalue weighted by molar-refractivity contribution is -0.142. The Kier molecular flexibility index (Phi) is 4.65. The lowest BCUT2D eigenvalue weighted by atomic mass is 9.86. The van der Waals surface area contributed by atoms with Gasteiger partial charge in [0.1, 0.15) is 0 Å². The number of carboxylic acids is 1. The van der Waals surface area contributed by atoms with Gasteiger partial charge in [-0.2, -0.15) is 5.10 Å². The van der Waals surface area contributed by atoms with E-state index >= 15 is 0 Å². The number of nitrogens with one attached hydrogen (secondary N) is 1. The van der Waals surface area contributed by atoms with Gasteiger partial charge in [0.25, 0.3) is 0 Å². The molecule has 112 valence electrons. The first-order chi connectivity index (χ1) is 9.52. The molecule has 2 N–H and O–H groups in total. The van der Waals surface area contributed by atoms with Gasteiger partial charge in [-0.05, 0) is 32.6 Å². The third-order valence-corrected chi connectivity index (χ3v) is 4.13. The van der Waals surface area contributed by atoms with Crippen LogP contribution in [0, 0.1) is 12.8 Å². The maximum Gasteiger partial charge on any atom is 0.306 e. The van der Waals surface area contributed by atoms with Crippen molar-refractivity contribution in [2.75, 3.05) is 7.11 Å². The van der Waals surface area contributed by atoms with Crippen LogP contribution in [-0.2, 0) is 18.4 Å². The fourth-order valence-electron chi connectivity index (χ4n) is 2.93. The molecule has 1 aromatic heterocycles. The molecule has 0 aromatic carbocycles. The zero-order valence-corrected chi connectivity index (χ0v) is 12.3. The summed E-state index contributed by atoms with van der Waals surface area (Å²) in [6, 6.07) is 0.384. The van der Waals surface area contributed by atoms with Crippen LogP contribution in [0.15, 0.2) is 0 Å². The molecule has 0 unspecified atom stereocenters. The van der Waals surface area contributed by atoms with Crippen LogP contribution >= 0.6 is 0 Å². The van der Waals surface area contributed by atoms with Gasteiger partial charge in [0.2, 0.25) is 5.88 Å². The number of hydrogen-bond acceptors (Lipinski definition) is 4. The molecule has 1 saturated carbocycles. The van der Waals surface area contributed by atoms with Crippen LogP contribution < -0.4 is 10.1 Å². The standard InChI is InChI=1S/C14H23N3O3/c1-9-12(13(20-3)17(2)16-9)8-15-11-6-4-10(5-7-11)14(18)19/h10-11,15H,4-8H2,1-3H3,(H,18,19). The molecule has 20 heavy (non-hydrogen) atoms. The molecule has 1 aromatic rings. The van der Waals surface area contributed by atoms with Gasteiger partial charge in [0, 0.05) is 19.6 Å². The number of carbonyl (C=O) groups is 1. The number of ether oxygens (including phenoxy) is 1. The first-order valence-corrected chi connectivity index (χ1v) is 7.05. The van der Waals surface area contributed by atoms with E-state index < -0.39 is 5.97 Å². The van der Waals surface area contributed by atoms with E-state index in [1.807, 2.05) is 14.0 Å². The van der Waals surface area contributed by atoms with Crippen molar-refractivity contribution in [2.45, 2.75) is 45.2 Å². The fraction of sp³-hybridized carbons (Fsp3) is 0.714. The van der Waals surface area contributed by atoms with Crippen molar-refractivity contribution >= 4 is 5.97 Å². The SMILES string of the molecule is COc1c(CNC2CCC(C(=O)O)CC2)c(C)nn1C. The number of rotatable bonds is 5. The Morgan fingerprint density at radius 1 is 1.45 bits per heavy atom. The van der Waals surface area contributed by atoms with Gasteiger partial charge in [-0.15, -0.1) is 0 Å². The van der Waals surface area contributed by atoms with Crippen LogP contribution in [0.4, 0.5) is 0 Å². The van der Waals surface area contributed by atoms with Crippen molar-refractivity contribution in [2.24, 2.45) is 13.0 Å². The summed E-state index contributed by atoms with van der Waals surface area (Å²) in [5.41, 5.74) is 2.05. The third-order valence-electron chi connectivity index (χ3n) is 4.13. The summed E-state index contributed by atoms with van der Waals surface area (Å²) < 4.78 is 7.11. The van der Waals surface area contributed by atoms with Gasteiger partial charge in [0.05, 0.1) is 24.3 Å². The molecule has 1 aliphatic carbocycles. The fourth-order valence-corrected chi connectivity index (χ4v) is 2.93. The summed E-state index contributed by atoms with van der Waals surface area (Å²) in [5, 5.41) is 16.8. The number of aromatic nitrogens is 2. The second kappa shape index (κ2) is 6.26. The molecule has 1 aliphatic rings. The molecule has 2 rings (SSSR count). The van der Waals surface area contributed by atoms with Gasteiger partial charge >= 0.3 is 5.97 Å². The number of carboxylic acid groups (broad SMARTS) is 1. The molecule has 0 spiro atoms. The van der Waals surface area contributed by atoms with Crippen molar-refractivity contribution in [1.29, 1.82) is 0 Å². The molecule has 0 bridgehead atoms. The molecule has 1 heterocycles. The smallest absolute Gasteiger partial charge is 0.306 e. The highest BCUT2D eigenvalue weighted by Crippen LogP contribution is 2.26. The number of nitrogens with zero attached hydrogens (tertiary/aromatic N) is 2. The second-order valence-corrected chi connectivity index (χ2v) is 5.46. The van der Waals surface area contributed by atoms with Crippen LogP contribution in [-0.4, -0.2) is 34.0 Å². The quantitative estimate of drug-likeness (QED) is 0.854. The maximum atomic E-state index is 10.9. The van der Waals surface area contributed by atoms with Crippen LogP contribution in [0.5, 0.6) is 5.88 Å². The van der Waals surface area contributed by atoms with Gasteiger partial charge in [-0.3, -0.25) is 4.79 Å². The number of methoxy groups -OCH3 is 1. The Morgan fingerprint density at radius 2 is 2.10 bits per heavy atom. The molecular formula is C14H23N3O3. The molecule has 0 saturated heterocycles. The summed E-state index contributed by atoms with van der Waals surface area (Å²) >= 11 is 0. The average molecular weight is 281 g/mol. The Morgan fingerprint density at radius 3 is 2.65 bits per heavy atom. The summed E-state index contributed by atoms with van der Waals surface area (Å²) in [7, 11) is 3.52. The molecule has 0 atom stereocenters. The number of aryl methyl sites for hydroxylation is 2. The largest absolute Gasteiger partial charge is 0.481 e. The number of hydrogen-bond donors (Lipinski definition) is 2. The maximum absolute atomic E-state index is 10.9.